The van der Waals surface area contributed by atoms with Gasteiger partial charge >= 0.3 is 5.97 Å². The number of hydrogen-bond donors (Lipinski definition) is 1. The van der Waals surface area contributed by atoms with Crippen molar-refractivity contribution in [3.63, 3.8) is 0 Å². The van der Waals surface area contributed by atoms with E-state index in [4.69, 9.17) is 24.7 Å². The van der Waals surface area contributed by atoms with Crippen molar-refractivity contribution in [2.24, 2.45) is 11.8 Å². The van der Waals surface area contributed by atoms with Crippen LogP contribution in [0.1, 0.15) is 129 Å². The second-order valence-corrected chi connectivity index (χ2v) is 21.2. The molecule has 2 saturated heterocycles. The zero-order valence-corrected chi connectivity index (χ0v) is 44.6. The maximum absolute atomic E-state index is 12.3. The molecule has 1 N–H and O–H groups in total. The molecule has 2 fully saturated rings. The third-order valence-corrected chi connectivity index (χ3v) is 14.7. The Bertz CT molecular complexity index is 2630. The molecule has 11 nitrogen and oxygen atoms in total. The quantitative estimate of drug-likeness (QED) is 0.0793. The summed E-state index contributed by atoms with van der Waals surface area (Å²) in [4.78, 5) is 36.5. The predicted molar refractivity (Wildman–Crippen MR) is 282 cm³/mol. The Morgan fingerprint density at radius 1 is 0.597 bits per heavy atom. The van der Waals surface area contributed by atoms with E-state index in [1.54, 1.807) is 0 Å². The first-order valence-corrected chi connectivity index (χ1v) is 26.3. The molecule has 0 bridgehead atoms. The summed E-state index contributed by atoms with van der Waals surface area (Å²) in [6.07, 6.45) is 17.4. The fraction of sp³-hybridized carbons (Fsp3) is 0.537. The average molecular weight is 1040 g/mol. The summed E-state index contributed by atoms with van der Waals surface area (Å²) in [6.45, 7) is 23.6. The van der Waals surface area contributed by atoms with E-state index >= 15 is 0 Å². The van der Waals surface area contributed by atoms with Crippen LogP contribution in [0.2, 0.25) is 0 Å². The molecule has 8 rings (SSSR count). The molecule has 0 unspecified atom stereocenters. The van der Waals surface area contributed by atoms with Gasteiger partial charge in [0.15, 0.2) is 11.3 Å². The van der Waals surface area contributed by atoms with E-state index in [2.05, 4.69) is 136 Å². The molecule has 67 heavy (non-hydrogen) atoms. The Labute approximate surface area is 415 Å². The number of aliphatic hydroxyl groups is 1. The van der Waals surface area contributed by atoms with Crippen LogP contribution in [0.3, 0.4) is 0 Å². The van der Waals surface area contributed by atoms with Crippen molar-refractivity contribution < 1.29 is 14.6 Å². The number of aromatic nitrogens is 6. The number of piperidine rings is 2. The van der Waals surface area contributed by atoms with Crippen LogP contribution in [0.4, 0.5) is 11.6 Å². The lowest BCUT2D eigenvalue weighted by Crippen LogP contribution is -2.36. The van der Waals surface area contributed by atoms with Gasteiger partial charge in [0.1, 0.15) is 23.3 Å². The van der Waals surface area contributed by atoms with Crippen molar-refractivity contribution in [1.29, 1.82) is 0 Å². The monoisotopic (exact) mass is 1040 g/mol. The van der Waals surface area contributed by atoms with Gasteiger partial charge in [0, 0.05) is 60.5 Å². The van der Waals surface area contributed by atoms with E-state index in [0.717, 1.165) is 119 Å². The minimum absolute atomic E-state index is 0.0328. The molecule has 0 atom stereocenters. The van der Waals surface area contributed by atoms with Gasteiger partial charge in [-0.05, 0) is 157 Å². The molecule has 4 aromatic heterocycles. The van der Waals surface area contributed by atoms with Gasteiger partial charge in [-0.3, -0.25) is 4.79 Å². The molecule has 0 radical (unpaired) electrons. The molecule has 6 aromatic rings. The van der Waals surface area contributed by atoms with E-state index in [1.165, 1.54) is 76.9 Å². The van der Waals surface area contributed by atoms with Gasteiger partial charge in [-0.2, -0.15) is 0 Å². The van der Waals surface area contributed by atoms with Gasteiger partial charge in [0.05, 0.1) is 28.8 Å². The number of esters is 1. The smallest absolute Gasteiger partial charge is 0.305 e. The molecule has 2 aromatic carbocycles. The number of aliphatic hydroxyl groups excluding tert-OH is 1. The van der Waals surface area contributed by atoms with Crippen LogP contribution >= 0.6 is 31.9 Å². The van der Waals surface area contributed by atoms with Crippen molar-refractivity contribution in [3.05, 3.63) is 90.6 Å². The van der Waals surface area contributed by atoms with Gasteiger partial charge in [-0.1, -0.05) is 77.3 Å². The maximum Gasteiger partial charge on any atom is 0.305 e. The fourth-order valence-corrected chi connectivity index (χ4v) is 11.7. The lowest BCUT2D eigenvalue weighted by atomic mass is 9.97. The Morgan fingerprint density at radius 2 is 1.00 bits per heavy atom. The first-order chi connectivity index (χ1) is 32.2. The molecule has 6 heterocycles. The standard InChI is InChI=1S/C32H45BrN4O2.C22H27BrN4O/c1-6-7-8-9-10-11-12-13-28(38)39-21-26-14-16-36(17-15-26)31-29-24(4)20-37(32(29)35-25(5)34-31)30-22(2)18-27(33)19-23(30)3;1-13-9-18(23)10-14(2)20(13)27-11-15(3)19-21(24-16(4)25-22(19)27)26-7-5-17(12-28)6-8-26/h18-20,26H,6-17,21H2,1-5H3;9-11,17,28H,5-8,12H2,1-4H3. The summed E-state index contributed by atoms with van der Waals surface area (Å²) in [5.74, 6) is 4.42. The van der Waals surface area contributed by atoms with E-state index in [0.29, 0.717) is 24.9 Å². The lowest BCUT2D eigenvalue weighted by molar-refractivity contribution is -0.145. The van der Waals surface area contributed by atoms with Crippen molar-refractivity contribution >= 4 is 71.5 Å². The van der Waals surface area contributed by atoms with Crippen LogP contribution in [0.25, 0.3) is 33.4 Å². The Hall–Kier alpha value is -4.33. The Kier molecular flexibility index (Phi) is 17.2. The largest absolute Gasteiger partial charge is 0.465 e. The van der Waals surface area contributed by atoms with Gasteiger partial charge in [-0.15, -0.1) is 0 Å². The van der Waals surface area contributed by atoms with Gasteiger partial charge in [0.2, 0.25) is 0 Å². The number of hydrogen-bond acceptors (Lipinski definition) is 9. The molecule has 0 spiro atoms. The zero-order valence-electron chi connectivity index (χ0n) is 41.4. The molecule has 13 heteroatoms. The number of carbonyl (C=O) groups is 1. The van der Waals surface area contributed by atoms with Crippen molar-refractivity contribution in [2.75, 3.05) is 49.2 Å². The number of aryl methyl sites for hydroxylation is 8. The van der Waals surface area contributed by atoms with Crippen LogP contribution in [-0.2, 0) is 9.53 Å². The summed E-state index contributed by atoms with van der Waals surface area (Å²) in [7, 11) is 0. The summed E-state index contributed by atoms with van der Waals surface area (Å²) in [5.41, 5.74) is 11.5. The molecule has 2 aliphatic rings. The summed E-state index contributed by atoms with van der Waals surface area (Å²) in [5, 5.41) is 11.7. The minimum atomic E-state index is -0.0328. The van der Waals surface area contributed by atoms with Crippen molar-refractivity contribution in [2.45, 2.75) is 139 Å². The third-order valence-electron chi connectivity index (χ3n) is 13.8. The highest BCUT2D eigenvalue weighted by atomic mass is 79.9. The van der Waals surface area contributed by atoms with E-state index in [9.17, 15) is 9.90 Å². The van der Waals surface area contributed by atoms with E-state index in [-0.39, 0.29) is 12.6 Å². The topological polar surface area (TPSA) is 114 Å². The summed E-state index contributed by atoms with van der Waals surface area (Å²) < 4.78 is 12.3. The number of unbranched alkanes of at least 4 members (excludes halogenated alkanes) is 6. The highest BCUT2D eigenvalue weighted by molar-refractivity contribution is 9.10. The van der Waals surface area contributed by atoms with Gasteiger partial charge < -0.3 is 28.8 Å². The van der Waals surface area contributed by atoms with Crippen LogP contribution in [0.5, 0.6) is 0 Å². The Balaban J connectivity index is 0.000000209. The Morgan fingerprint density at radius 3 is 1.42 bits per heavy atom. The minimum Gasteiger partial charge on any atom is -0.465 e. The highest BCUT2D eigenvalue weighted by Crippen LogP contribution is 2.37. The number of fused-ring (bicyclic) bond motifs is 2. The van der Waals surface area contributed by atoms with Crippen LogP contribution in [0.15, 0.2) is 45.6 Å². The zero-order chi connectivity index (χ0) is 47.9. The number of carbonyl (C=O) groups excluding carboxylic acids is 1. The number of anilines is 2. The summed E-state index contributed by atoms with van der Waals surface area (Å²) >= 11 is 7.23. The molecule has 0 amide bonds. The molecular formula is C54H72Br2N8O3. The number of halogens is 2. The first kappa shape index (κ1) is 50.5. The van der Waals surface area contributed by atoms with Gasteiger partial charge in [-0.25, -0.2) is 19.9 Å². The number of ether oxygens (including phenoxy) is 1. The van der Waals surface area contributed by atoms with E-state index < -0.39 is 0 Å². The third kappa shape index (κ3) is 11.9. The average Bonchev–Trinajstić information content (AvgIpc) is 3.78. The maximum atomic E-state index is 12.3. The van der Waals surface area contributed by atoms with Crippen LogP contribution < -0.4 is 9.80 Å². The fourth-order valence-electron chi connectivity index (χ4n) is 10.3. The van der Waals surface area contributed by atoms with E-state index in [1.807, 2.05) is 13.8 Å². The summed E-state index contributed by atoms with van der Waals surface area (Å²) in [6, 6.07) is 8.62. The molecular weight excluding hydrogens is 968 g/mol. The second kappa shape index (κ2) is 22.9. The second-order valence-electron chi connectivity index (χ2n) is 19.3. The van der Waals surface area contributed by atoms with Crippen LogP contribution in [0, 0.1) is 67.2 Å². The molecule has 0 saturated carbocycles. The number of nitrogens with zero attached hydrogens (tertiary/aromatic N) is 8. The number of benzene rings is 2. The molecule has 360 valence electrons. The van der Waals surface area contributed by atoms with Crippen molar-refractivity contribution in [1.82, 2.24) is 29.1 Å². The van der Waals surface area contributed by atoms with Gasteiger partial charge in [0.25, 0.3) is 0 Å². The molecule has 2 aliphatic heterocycles. The first-order valence-electron chi connectivity index (χ1n) is 24.7. The lowest BCUT2D eigenvalue weighted by Gasteiger charge is -2.33. The molecule has 0 aliphatic carbocycles. The predicted octanol–water partition coefficient (Wildman–Crippen LogP) is 12.9. The SMILES string of the molecule is CCCCCCCCCC(=O)OCC1CCN(c2nc(C)nc3c2c(C)cn3-c2c(C)cc(Br)cc2C)CC1.Cc1nc(N2CCC(CO)CC2)c2c(C)cn(-c3c(C)cc(Br)cc3C)c2n1. The number of rotatable bonds is 15. The normalized spacial score (nSPS) is 14.9. The van der Waals surface area contributed by atoms with Crippen LogP contribution in [-0.4, -0.2) is 79.5 Å². The highest BCUT2D eigenvalue weighted by Gasteiger charge is 2.27. The van der Waals surface area contributed by atoms with Crippen molar-refractivity contribution in [3.8, 4) is 11.4 Å².